The van der Waals surface area contributed by atoms with Gasteiger partial charge in [0.25, 0.3) is 5.91 Å². The van der Waals surface area contributed by atoms with Gasteiger partial charge in [0.1, 0.15) is 0 Å². The number of fused-ring (bicyclic) bond motifs is 2. The van der Waals surface area contributed by atoms with Gasteiger partial charge < -0.3 is 4.57 Å². The molecule has 0 radical (unpaired) electrons. The molecular weight excluding hydrogens is 537 g/mol. The predicted molar refractivity (Wildman–Crippen MR) is 144 cm³/mol. The number of hydrogen-bond donors (Lipinski definition) is 0. The van der Waals surface area contributed by atoms with Crippen molar-refractivity contribution in [1.29, 1.82) is 0 Å². The average Bonchev–Trinajstić information content (AvgIpc) is 3.20. The predicted octanol–water partition coefficient (Wildman–Crippen LogP) is 5.68. The Hall–Kier alpha value is -2.75. The maximum atomic E-state index is 13.2. The van der Waals surface area contributed by atoms with Gasteiger partial charge in [-0.2, -0.15) is 9.30 Å². The van der Waals surface area contributed by atoms with E-state index in [1.807, 2.05) is 24.3 Å². The van der Waals surface area contributed by atoms with E-state index in [4.69, 9.17) is 23.2 Å². The lowest BCUT2D eigenvalue weighted by Gasteiger charge is -2.28. The zero-order valence-electron chi connectivity index (χ0n) is 19.0. The van der Waals surface area contributed by atoms with Crippen LogP contribution < -0.4 is 4.80 Å². The maximum Gasteiger partial charge on any atom is 0.279 e. The van der Waals surface area contributed by atoms with E-state index in [-0.39, 0.29) is 10.5 Å². The van der Waals surface area contributed by atoms with Crippen LogP contribution in [0.25, 0.3) is 10.2 Å². The van der Waals surface area contributed by atoms with Crippen molar-refractivity contribution in [1.82, 2.24) is 8.87 Å². The zero-order valence-corrected chi connectivity index (χ0v) is 22.2. The van der Waals surface area contributed by atoms with Crippen LogP contribution in [0.4, 0.5) is 0 Å². The Morgan fingerprint density at radius 1 is 1.08 bits per heavy atom. The summed E-state index contributed by atoms with van der Waals surface area (Å²) in [4.78, 5) is 17.9. The lowest BCUT2D eigenvalue weighted by atomic mass is 10.0. The van der Waals surface area contributed by atoms with Gasteiger partial charge in [-0.3, -0.25) is 4.79 Å². The molecule has 0 saturated heterocycles. The number of rotatable bonds is 5. The third kappa shape index (κ3) is 4.67. The molecule has 0 fully saturated rings. The fourth-order valence-electron chi connectivity index (χ4n) is 4.26. The zero-order chi connectivity index (χ0) is 25.4. The Balaban J connectivity index is 1.44. The van der Waals surface area contributed by atoms with Gasteiger partial charge in [0, 0.05) is 30.2 Å². The van der Waals surface area contributed by atoms with Crippen LogP contribution in [-0.4, -0.2) is 29.7 Å². The highest BCUT2D eigenvalue weighted by molar-refractivity contribution is 7.89. The number of benzene rings is 3. The van der Waals surface area contributed by atoms with Crippen LogP contribution in [0.15, 0.2) is 83.2 Å². The summed E-state index contributed by atoms with van der Waals surface area (Å²) in [7, 11) is -3.70. The van der Waals surface area contributed by atoms with E-state index < -0.39 is 15.9 Å². The van der Waals surface area contributed by atoms with Crippen molar-refractivity contribution in [3.8, 4) is 0 Å². The highest BCUT2D eigenvalue weighted by atomic mass is 35.5. The van der Waals surface area contributed by atoms with E-state index in [1.54, 1.807) is 22.8 Å². The average molecular weight is 559 g/mol. The molecule has 2 heterocycles. The SMILES string of the molecule is C=CCn1c(=NC(=O)c2ccc(S(=O)(=O)N3CCc4ccccc4C3)cc2)sc2cc(Cl)cc(Cl)c21. The van der Waals surface area contributed by atoms with Crippen LogP contribution >= 0.6 is 34.5 Å². The third-order valence-electron chi connectivity index (χ3n) is 6.04. The number of thiazole rings is 1. The van der Waals surface area contributed by atoms with E-state index in [0.717, 1.165) is 15.8 Å². The number of allylic oxidation sites excluding steroid dienone is 1. The van der Waals surface area contributed by atoms with Gasteiger partial charge in [-0.1, -0.05) is 64.9 Å². The van der Waals surface area contributed by atoms with Gasteiger partial charge in [0.2, 0.25) is 10.0 Å². The quantitative estimate of drug-likeness (QED) is 0.296. The molecule has 0 N–H and O–H groups in total. The first-order valence-electron chi connectivity index (χ1n) is 11.1. The smallest absolute Gasteiger partial charge is 0.279 e. The van der Waals surface area contributed by atoms with Crippen LogP contribution in [0.5, 0.6) is 0 Å². The molecule has 5 rings (SSSR count). The number of hydrogen-bond acceptors (Lipinski definition) is 4. The summed E-state index contributed by atoms with van der Waals surface area (Å²) in [6.07, 6.45) is 2.36. The van der Waals surface area contributed by atoms with Crippen LogP contribution in [-0.2, 0) is 29.5 Å². The number of sulfonamides is 1. The molecule has 0 bridgehead atoms. The second kappa shape index (κ2) is 9.95. The van der Waals surface area contributed by atoms with Crippen LogP contribution in [0.1, 0.15) is 21.5 Å². The molecule has 0 unspecified atom stereocenters. The fraction of sp³-hybridized carbons (Fsp3) is 0.154. The molecule has 1 amide bonds. The molecular formula is C26H21Cl2N3O3S2. The number of carbonyl (C=O) groups is 1. The first kappa shape index (κ1) is 24.9. The third-order valence-corrected chi connectivity index (χ3v) is 9.43. The van der Waals surface area contributed by atoms with Gasteiger partial charge in [-0.25, -0.2) is 8.42 Å². The Bertz CT molecular complexity index is 1670. The summed E-state index contributed by atoms with van der Waals surface area (Å²) in [5.74, 6) is -0.488. The minimum atomic E-state index is -3.70. The first-order chi connectivity index (χ1) is 17.3. The van der Waals surface area contributed by atoms with Crippen LogP contribution in [0.2, 0.25) is 10.0 Å². The standard InChI is InChI=1S/C26H21Cl2N3O3S2/c1-2-12-31-24-22(28)14-20(27)15-23(24)35-26(31)29-25(32)18-7-9-21(10-8-18)36(33,34)30-13-11-17-5-3-4-6-19(17)16-30/h2-10,14-15H,1,11-13,16H2. The molecule has 1 aliphatic rings. The summed E-state index contributed by atoms with van der Waals surface area (Å²) >= 11 is 13.8. The number of nitrogens with zero attached hydrogens (tertiary/aromatic N) is 3. The van der Waals surface area contributed by atoms with Crippen LogP contribution in [0.3, 0.4) is 0 Å². The topological polar surface area (TPSA) is 71.7 Å². The lowest BCUT2D eigenvalue weighted by molar-refractivity contribution is 0.0997. The van der Waals surface area contributed by atoms with Crippen molar-refractivity contribution >= 4 is 60.7 Å². The maximum absolute atomic E-state index is 13.2. The van der Waals surface area contributed by atoms with Crippen molar-refractivity contribution in [2.45, 2.75) is 24.4 Å². The van der Waals surface area contributed by atoms with Crippen LogP contribution in [0, 0.1) is 0 Å². The summed E-state index contributed by atoms with van der Waals surface area (Å²) < 4.78 is 30.5. The lowest BCUT2D eigenvalue weighted by Crippen LogP contribution is -2.35. The molecule has 0 atom stereocenters. The van der Waals surface area contributed by atoms with E-state index >= 15 is 0 Å². The normalized spacial score (nSPS) is 14.7. The van der Waals surface area contributed by atoms with E-state index in [9.17, 15) is 13.2 Å². The number of halogens is 2. The summed E-state index contributed by atoms with van der Waals surface area (Å²) in [6, 6.07) is 17.2. The van der Waals surface area contributed by atoms with Gasteiger partial charge in [-0.15, -0.1) is 6.58 Å². The highest BCUT2D eigenvalue weighted by Crippen LogP contribution is 2.30. The Labute approximate surface area is 222 Å². The van der Waals surface area contributed by atoms with E-state index in [1.165, 1.54) is 45.5 Å². The molecule has 10 heteroatoms. The minimum Gasteiger partial charge on any atom is -0.311 e. The second-order valence-corrected chi connectivity index (χ2v) is 12.1. The molecule has 0 spiro atoms. The van der Waals surface area contributed by atoms with Crippen molar-refractivity contribution in [3.05, 3.63) is 105 Å². The summed E-state index contributed by atoms with van der Waals surface area (Å²) in [5.41, 5.74) is 3.19. The van der Waals surface area contributed by atoms with Crippen molar-refractivity contribution in [3.63, 3.8) is 0 Å². The molecule has 3 aromatic carbocycles. The Kier molecular flexibility index (Phi) is 6.89. The molecule has 0 aliphatic carbocycles. The number of aromatic nitrogens is 1. The minimum absolute atomic E-state index is 0.142. The molecule has 1 aromatic heterocycles. The van der Waals surface area contributed by atoms with Crippen molar-refractivity contribution < 1.29 is 13.2 Å². The first-order valence-corrected chi connectivity index (χ1v) is 14.1. The van der Waals surface area contributed by atoms with Crippen molar-refractivity contribution in [2.75, 3.05) is 6.54 Å². The van der Waals surface area contributed by atoms with E-state index in [0.29, 0.717) is 40.9 Å². The highest BCUT2D eigenvalue weighted by Gasteiger charge is 2.28. The molecule has 184 valence electrons. The molecule has 36 heavy (non-hydrogen) atoms. The van der Waals surface area contributed by atoms with Gasteiger partial charge in [0.15, 0.2) is 4.80 Å². The largest absolute Gasteiger partial charge is 0.311 e. The fourth-order valence-corrected chi connectivity index (χ4v) is 7.50. The molecule has 0 saturated carbocycles. The van der Waals surface area contributed by atoms with Crippen molar-refractivity contribution in [2.24, 2.45) is 4.99 Å². The Morgan fingerprint density at radius 2 is 1.81 bits per heavy atom. The molecule has 6 nitrogen and oxygen atoms in total. The monoisotopic (exact) mass is 557 g/mol. The van der Waals surface area contributed by atoms with E-state index in [2.05, 4.69) is 11.6 Å². The van der Waals surface area contributed by atoms with Gasteiger partial charge >= 0.3 is 0 Å². The number of carbonyl (C=O) groups excluding carboxylic acids is 1. The summed E-state index contributed by atoms with van der Waals surface area (Å²) in [5, 5.41) is 0.950. The molecule has 1 aliphatic heterocycles. The van der Waals surface area contributed by atoms with Gasteiger partial charge in [0.05, 0.1) is 20.1 Å². The number of amides is 1. The van der Waals surface area contributed by atoms with Gasteiger partial charge in [-0.05, 0) is 53.9 Å². The Morgan fingerprint density at radius 3 is 2.53 bits per heavy atom. The molecule has 4 aromatic rings. The summed E-state index contributed by atoms with van der Waals surface area (Å²) in [6.45, 7) is 4.93. The second-order valence-electron chi connectivity index (χ2n) is 8.32.